The molecule has 0 radical (unpaired) electrons. The van der Waals surface area contributed by atoms with Gasteiger partial charge in [-0.1, -0.05) is 27.5 Å². The van der Waals surface area contributed by atoms with Crippen molar-refractivity contribution in [3.05, 3.63) is 33.3 Å². The first-order valence-electron chi connectivity index (χ1n) is 6.00. The fourth-order valence-electron chi connectivity index (χ4n) is 1.53. The SMILES string of the molecule is COCCNCC(C)NCc1cc(Br)ccc1Cl. The van der Waals surface area contributed by atoms with Gasteiger partial charge in [0.1, 0.15) is 0 Å². The van der Waals surface area contributed by atoms with Crippen LogP contribution in [0.15, 0.2) is 22.7 Å². The van der Waals surface area contributed by atoms with Crippen molar-refractivity contribution >= 4 is 27.5 Å². The first-order chi connectivity index (χ1) is 8.63. The van der Waals surface area contributed by atoms with Crippen molar-refractivity contribution in [1.29, 1.82) is 0 Å². The summed E-state index contributed by atoms with van der Waals surface area (Å²) in [5.74, 6) is 0. The molecule has 0 spiro atoms. The quantitative estimate of drug-likeness (QED) is 0.717. The predicted molar refractivity (Wildman–Crippen MR) is 80.2 cm³/mol. The van der Waals surface area contributed by atoms with Gasteiger partial charge in [0.15, 0.2) is 0 Å². The monoisotopic (exact) mass is 334 g/mol. The van der Waals surface area contributed by atoms with E-state index in [-0.39, 0.29) is 0 Å². The number of nitrogens with one attached hydrogen (secondary N) is 2. The second-order valence-corrected chi connectivity index (χ2v) is 5.54. The highest BCUT2D eigenvalue weighted by atomic mass is 79.9. The Kier molecular flexibility index (Phi) is 7.86. The number of hydrogen-bond acceptors (Lipinski definition) is 3. The van der Waals surface area contributed by atoms with Gasteiger partial charge < -0.3 is 15.4 Å². The zero-order valence-electron chi connectivity index (χ0n) is 10.8. The molecule has 0 heterocycles. The van der Waals surface area contributed by atoms with E-state index in [0.717, 1.165) is 41.3 Å². The normalized spacial score (nSPS) is 12.7. The Labute approximate surface area is 122 Å². The fraction of sp³-hybridized carbons (Fsp3) is 0.538. The molecular weight excluding hydrogens is 316 g/mol. The van der Waals surface area contributed by atoms with Crippen molar-refractivity contribution in [1.82, 2.24) is 10.6 Å². The largest absolute Gasteiger partial charge is 0.383 e. The summed E-state index contributed by atoms with van der Waals surface area (Å²) in [5.41, 5.74) is 1.11. The molecule has 1 atom stereocenters. The number of hydrogen-bond donors (Lipinski definition) is 2. The van der Waals surface area contributed by atoms with Crippen molar-refractivity contribution in [2.24, 2.45) is 0 Å². The third-order valence-electron chi connectivity index (χ3n) is 2.58. The maximum absolute atomic E-state index is 6.13. The summed E-state index contributed by atoms with van der Waals surface area (Å²) >= 11 is 9.58. The second-order valence-electron chi connectivity index (χ2n) is 4.21. The van der Waals surface area contributed by atoms with Crippen molar-refractivity contribution in [3.8, 4) is 0 Å². The van der Waals surface area contributed by atoms with Crippen LogP contribution in [0.1, 0.15) is 12.5 Å². The lowest BCUT2D eigenvalue weighted by molar-refractivity contribution is 0.198. The maximum atomic E-state index is 6.13. The lowest BCUT2D eigenvalue weighted by atomic mass is 10.2. The van der Waals surface area contributed by atoms with E-state index in [1.165, 1.54) is 0 Å². The predicted octanol–water partition coefficient (Wildman–Crippen LogP) is 2.82. The summed E-state index contributed by atoms with van der Waals surface area (Å²) in [6.07, 6.45) is 0. The van der Waals surface area contributed by atoms with Crippen LogP contribution < -0.4 is 10.6 Å². The molecule has 2 N–H and O–H groups in total. The smallest absolute Gasteiger partial charge is 0.0587 e. The molecule has 5 heteroatoms. The first-order valence-corrected chi connectivity index (χ1v) is 7.17. The Morgan fingerprint density at radius 3 is 2.94 bits per heavy atom. The van der Waals surface area contributed by atoms with Crippen LogP contribution in [0.2, 0.25) is 5.02 Å². The topological polar surface area (TPSA) is 33.3 Å². The van der Waals surface area contributed by atoms with Crippen LogP contribution in [-0.4, -0.2) is 32.8 Å². The number of halogens is 2. The molecule has 102 valence electrons. The Morgan fingerprint density at radius 1 is 1.44 bits per heavy atom. The van der Waals surface area contributed by atoms with Crippen LogP contribution in [0, 0.1) is 0 Å². The molecule has 0 aliphatic carbocycles. The molecule has 0 aliphatic heterocycles. The number of ether oxygens (including phenoxy) is 1. The lowest BCUT2D eigenvalue weighted by Crippen LogP contribution is -2.37. The van der Waals surface area contributed by atoms with Crippen molar-refractivity contribution < 1.29 is 4.74 Å². The maximum Gasteiger partial charge on any atom is 0.0587 e. The minimum atomic E-state index is 0.386. The van der Waals surface area contributed by atoms with Crippen LogP contribution in [0.4, 0.5) is 0 Å². The van der Waals surface area contributed by atoms with Crippen LogP contribution in [0.5, 0.6) is 0 Å². The van der Waals surface area contributed by atoms with E-state index < -0.39 is 0 Å². The molecule has 0 fully saturated rings. The highest BCUT2D eigenvalue weighted by Gasteiger charge is 2.04. The van der Waals surface area contributed by atoms with Gasteiger partial charge in [-0.15, -0.1) is 0 Å². The summed E-state index contributed by atoms with van der Waals surface area (Å²) in [6.45, 7) is 5.44. The highest BCUT2D eigenvalue weighted by molar-refractivity contribution is 9.10. The van der Waals surface area contributed by atoms with Gasteiger partial charge in [-0.3, -0.25) is 0 Å². The van der Waals surface area contributed by atoms with Crippen LogP contribution in [-0.2, 0) is 11.3 Å². The van der Waals surface area contributed by atoms with E-state index in [0.29, 0.717) is 6.04 Å². The molecular formula is C13H20BrClN2O. The molecule has 0 aliphatic rings. The van der Waals surface area contributed by atoms with Gasteiger partial charge >= 0.3 is 0 Å². The zero-order chi connectivity index (χ0) is 13.4. The number of benzene rings is 1. The third kappa shape index (κ3) is 6.16. The molecule has 18 heavy (non-hydrogen) atoms. The second kappa shape index (κ2) is 8.88. The lowest BCUT2D eigenvalue weighted by Gasteiger charge is -2.15. The molecule has 0 aromatic heterocycles. The van der Waals surface area contributed by atoms with Gasteiger partial charge in [0.25, 0.3) is 0 Å². The molecule has 1 rings (SSSR count). The van der Waals surface area contributed by atoms with E-state index in [1.807, 2.05) is 18.2 Å². The Morgan fingerprint density at radius 2 is 2.22 bits per heavy atom. The molecule has 1 unspecified atom stereocenters. The summed E-state index contributed by atoms with van der Waals surface area (Å²) in [5, 5.41) is 7.55. The summed E-state index contributed by atoms with van der Waals surface area (Å²) < 4.78 is 6.03. The Balaban J connectivity index is 2.29. The molecule has 0 bridgehead atoms. The Hall–Kier alpha value is -0.130. The minimum absolute atomic E-state index is 0.386. The van der Waals surface area contributed by atoms with E-state index in [4.69, 9.17) is 16.3 Å². The van der Waals surface area contributed by atoms with Gasteiger partial charge in [0.2, 0.25) is 0 Å². The van der Waals surface area contributed by atoms with Crippen molar-refractivity contribution in [2.75, 3.05) is 26.8 Å². The third-order valence-corrected chi connectivity index (χ3v) is 3.44. The molecule has 0 amide bonds. The molecule has 0 saturated heterocycles. The summed E-state index contributed by atoms with van der Waals surface area (Å²) in [6, 6.07) is 6.28. The van der Waals surface area contributed by atoms with Gasteiger partial charge in [-0.05, 0) is 30.7 Å². The average Bonchev–Trinajstić information content (AvgIpc) is 2.36. The zero-order valence-corrected chi connectivity index (χ0v) is 13.1. The Bertz CT molecular complexity index is 363. The van der Waals surface area contributed by atoms with Crippen LogP contribution >= 0.6 is 27.5 Å². The molecule has 3 nitrogen and oxygen atoms in total. The summed E-state index contributed by atoms with van der Waals surface area (Å²) in [7, 11) is 1.71. The fourth-order valence-corrected chi connectivity index (χ4v) is 2.12. The van der Waals surface area contributed by atoms with Crippen molar-refractivity contribution in [2.45, 2.75) is 19.5 Å². The number of rotatable bonds is 8. The summed E-state index contributed by atoms with van der Waals surface area (Å²) in [4.78, 5) is 0. The minimum Gasteiger partial charge on any atom is -0.383 e. The van der Waals surface area contributed by atoms with E-state index in [1.54, 1.807) is 7.11 Å². The van der Waals surface area contributed by atoms with E-state index >= 15 is 0 Å². The van der Waals surface area contributed by atoms with Crippen LogP contribution in [0.3, 0.4) is 0 Å². The standard InChI is InChI=1S/C13H20BrClN2O/c1-10(8-16-5-6-18-2)17-9-11-7-12(14)3-4-13(11)15/h3-4,7,10,16-17H,5-6,8-9H2,1-2H3. The van der Waals surface area contributed by atoms with Gasteiger partial charge in [0, 0.05) is 42.3 Å². The van der Waals surface area contributed by atoms with Gasteiger partial charge in [0.05, 0.1) is 6.61 Å². The van der Waals surface area contributed by atoms with E-state index in [9.17, 15) is 0 Å². The van der Waals surface area contributed by atoms with Crippen molar-refractivity contribution in [3.63, 3.8) is 0 Å². The average molecular weight is 336 g/mol. The molecule has 1 aromatic carbocycles. The van der Waals surface area contributed by atoms with E-state index in [2.05, 4.69) is 33.5 Å². The molecule has 1 aromatic rings. The number of methoxy groups -OCH3 is 1. The van der Waals surface area contributed by atoms with Gasteiger partial charge in [-0.2, -0.15) is 0 Å². The van der Waals surface area contributed by atoms with Gasteiger partial charge in [-0.25, -0.2) is 0 Å². The first kappa shape index (κ1) is 15.9. The molecule has 0 saturated carbocycles. The van der Waals surface area contributed by atoms with Crippen LogP contribution in [0.25, 0.3) is 0 Å². The highest BCUT2D eigenvalue weighted by Crippen LogP contribution is 2.20.